The van der Waals surface area contributed by atoms with Crippen LogP contribution in [-0.4, -0.2) is 15.6 Å². The zero-order valence-electron chi connectivity index (χ0n) is 15.9. The van der Waals surface area contributed by atoms with Gasteiger partial charge in [-0.3, -0.25) is 4.79 Å². The number of hydrogen-bond acceptors (Lipinski definition) is 4. The zero-order valence-corrected chi connectivity index (χ0v) is 16.6. The van der Waals surface area contributed by atoms with Gasteiger partial charge in [-0.05, 0) is 37.6 Å². The molecule has 29 heavy (non-hydrogen) atoms. The van der Waals surface area contributed by atoms with Crippen molar-refractivity contribution in [1.29, 1.82) is 0 Å². The van der Waals surface area contributed by atoms with Crippen LogP contribution in [0.5, 0.6) is 5.88 Å². The third kappa shape index (κ3) is 3.54. The van der Waals surface area contributed by atoms with Crippen molar-refractivity contribution in [1.82, 2.24) is 4.57 Å². The van der Waals surface area contributed by atoms with E-state index in [4.69, 9.17) is 16.0 Å². The molecule has 0 aliphatic heterocycles. The first-order valence-corrected chi connectivity index (χ1v) is 9.40. The van der Waals surface area contributed by atoms with Gasteiger partial charge in [0.05, 0.1) is 17.6 Å². The number of furan rings is 1. The van der Waals surface area contributed by atoms with Gasteiger partial charge >= 0.3 is 0 Å². The molecule has 0 fully saturated rings. The molecule has 0 radical (unpaired) electrons. The van der Waals surface area contributed by atoms with E-state index in [2.05, 4.69) is 10.2 Å². The van der Waals surface area contributed by atoms with E-state index >= 15 is 0 Å². The van der Waals surface area contributed by atoms with Crippen LogP contribution in [-0.2, 0) is 6.54 Å². The topological polar surface area (TPSA) is 80.1 Å². The molecule has 7 heteroatoms. The summed E-state index contributed by atoms with van der Waals surface area (Å²) < 4.78 is 7.07. The van der Waals surface area contributed by atoms with Crippen molar-refractivity contribution >= 4 is 34.1 Å². The van der Waals surface area contributed by atoms with Gasteiger partial charge in [0.15, 0.2) is 5.69 Å². The first kappa shape index (κ1) is 19.0. The molecule has 2 heterocycles. The van der Waals surface area contributed by atoms with Gasteiger partial charge in [-0.1, -0.05) is 48.0 Å². The third-order valence-corrected chi connectivity index (χ3v) is 5.08. The summed E-state index contributed by atoms with van der Waals surface area (Å²) in [5.41, 5.74) is 2.21. The molecule has 0 aliphatic rings. The Labute approximate surface area is 172 Å². The Balaban J connectivity index is 1.75. The quantitative estimate of drug-likeness (QED) is 0.410. The molecule has 0 saturated heterocycles. The normalized spacial score (nSPS) is 11.6. The number of aryl methyl sites for hydroxylation is 2. The summed E-state index contributed by atoms with van der Waals surface area (Å²) in [6.07, 6.45) is 0. The van der Waals surface area contributed by atoms with E-state index in [0.717, 1.165) is 11.1 Å². The minimum Gasteiger partial charge on any atom is -0.493 e. The van der Waals surface area contributed by atoms with Crippen molar-refractivity contribution in [3.05, 3.63) is 82.3 Å². The predicted molar refractivity (Wildman–Crippen MR) is 111 cm³/mol. The highest BCUT2D eigenvalue weighted by molar-refractivity contribution is 6.31. The molecule has 2 aromatic carbocycles. The SMILES string of the molecule is Cc1cc(C(=O)N=Nc2c(O)n(Cc3ccccc3Cl)c3ccccc23)c(C)o1. The molecule has 0 aliphatic carbocycles. The number of halogens is 1. The van der Waals surface area contributed by atoms with Crippen LogP contribution in [0.25, 0.3) is 10.9 Å². The summed E-state index contributed by atoms with van der Waals surface area (Å²) >= 11 is 6.28. The largest absolute Gasteiger partial charge is 0.493 e. The van der Waals surface area contributed by atoms with E-state index in [1.165, 1.54) is 0 Å². The lowest BCUT2D eigenvalue weighted by Gasteiger charge is -2.08. The molecule has 1 N–H and O–H groups in total. The van der Waals surface area contributed by atoms with Crippen LogP contribution >= 0.6 is 11.6 Å². The van der Waals surface area contributed by atoms with E-state index in [1.807, 2.05) is 42.5 Å². The van der Waals surface area contributed by atoms with Crippen molar-refractivity contribution in [2.75, 3.05) is 0 Å². The Morgan fingerprint density at radius 1 is 1.14 bits per heavy atom. The first-order chi connectivity index (χ1) is 14.0. The number of nitrogens with zero attached hydrogens (tertiary/aromatic N) is 3. The summed E-state index contributed by atoms with van der Waals surface area (Å²) in [4.78, 5) is 12.4. The second-order valence-electron chi connectivity index (χ2n) is 6.70. The number of aromatic hydroxyl groups is 1. The minimum atomic E-state index is -0.526. The van der Waals surface area contributed by atoms with Crippen molar-refractivity contribution in [3.8, 4) is 5.88 Å². The van der Waals surface area contributed by atoms with Gasteiger partial charge in [0, 0.05) is 10.4 Å². The Bertz CT molecular complexity index is 1250. The standard InChI is InChI=1S/C22H18ClN3O3/c1-13-11-17(14(2)29-13)21(27)25-24-20-16-8-4-6-10-19(16)26(22(20)28)12-15-7-3-5-9-18(15)23/h3-11,28H,12H2,1-2H3. The van der Waals surface area contributed by atoms with Gasteiger partial charge in [0.25, 0.3) is 5.91 Å². The second-order valence-corrected chi connectivity index (χ2v) is 7.11. The fraction of sp³-hybridized carbons (Fsp3) is 0.136. The number of carbonyl (C=O) groups excluding carboxylic acids is 1. The van der Waals surface area contributed by atoms with Gasteiger partial charge in [-0.15, -0.1) is 10.2 Å². The Morgan fingerprint density at radius 2 is 1.86 bits per heavy atom. The number of benzene rings is 2. The molecule has 0 bridgehead atoms. The van der Waals surface area contributed by atoms with Crippen LogP contribution in [0.2, 0.25) is 5.02 Å². The van der Waals surface area contributed by atoms with Gasteiger partial charge in [-0.2, -0.15) is 0 Å². The van der Waals surface area contributed by atoms with Crippen LogP contribution in [0.1, 0.15) is 27.4 Å². The molecule has 0 spiro atoms. The van der Waals surface area contributed by atoms with Crippen molar-refractivity contribution < 1.29 is 14.3 Å². The zero-order chi connectivity index (χ0) is 20.5. The van der Waals surface area contributed by atoms with E-state index in [0.29, 0.717) is 34.0 Å². The summed E-state index contributed by atoms with van der Waals surface area (Å²) in [6, 6.07) is 16.5. The molecule has 0 unspecified atom stereocenters. The maximum atomic E-state index is 12.4. The number of hydrogen-bond donors (Lipinski definition) is 1. The van der Waals surface area contributed by atoms with Crippen LogP contribution in [0.15, 0.2) is 69.2 Å². The number of azo groups is 1. The van der Waals surface area contributed by atoms with Crippen molar-refractivity contribution in [2.24, 2.45) is 10.2 Å². The first-order valence-electron chi connectivity index (χ1n) is 9.02. The second kappa shape index (κ2) is 7.56. The van der Waals surface area contributed by atoms with E-state index in [1.54, 1.807) is 30.5 Å². The lowest BCUT2D eigenvalue weighted by molar-refractivity contribution is 0.0993. The molecule has 4 aromatic rings. The molecular formula is C22H18ClN3O3. The number of fused-ring (bicyclic) bond motifs is 1. The number of carbonyl (C=O) groups is 1. The molecule has 146 valence electrons. The fourth-order valence-corrected chi connectivity index (χ4v) is 3.52. The maximum absolute atomic E-state index is 12.4. The third-order valence-electron chi connectivity index (χ3n) is 4.72. The Hall–Kier alpha value is -3.38. The molecule has 6 nitrogen and oxygen atoms in total. The highest BCUT2D eigenvalue weighted by Crippen LogP contribution is 2.39. The molecular weight excluding hydrogens is 390 g/mol. The smallest absolute Gasteiger partial charge is 0.298 e. The van der Waals surface area contributed by atoms with Crippen molar-refractivity contribution in [3.63, 3.8) is 0 Å². The number of amides is 1. The lowest BCUT2D eigenvalue weighted by Crippen LogP contribution is -1.99. The lowest BCUT2D eigenvalue weighted by atomic mass is 10.2. The average molecular weight is 408 g/mol. The summed E-state index contributed by atoms with van der Waals surface area (Å²) in [5, 5.41) is 20.0. The van der Waals surface area contributed by atoms with Crippen LogP contribution in [0.3, 0.4) is 0 Å². The van der Waals surface area contributed by atoms with Crippen LogP contribution < -0.4 is 0 Å². The highest BCUT2D eigenvalue weighted by Gasteiger charge is 2.19. The number of rotatable bonds is 4. The molecule has 4 rings (SSSR count). The molecule has 0 atom stereocenters. The average Bonchev–Trinajstić information content (AvgIpc) is 3.18. The predicted octanol–water partition coefficient (Wildman–Crippen LogP) is 6.18. The van der Waals surface area contributed by atoms with Gasteiger partial charge in [-0.25, -0.2) is 0 Å². The highest BCUT2D eigenvalue weighted by atomic mass is 35.5. The fourth-order valence-electron chi connectivity index (χ4n) is 3.32. The maximum Gasteiger partial charge on any atom is 0.298 e. The Kier molecular flexibility index (Phi) is 4.94. The summed E-state index contributed by atoms with van der Waals surface area (Å²) in [6.45, 7) is 3.81. The monoisotopic (exact) mass is 407 g/mol. The van der Waals surface area contributed by atoms with Crippen LogP contribution in [0, 0.1) is 13.8 Å². The van der Waals surface area contributed by atoms with E-state index in [-0.39, 0.29) is 11.6 Å². The van der Waals surface area contributed by atoms with E-state index in [9.17, 15) is 9.90 Å². The number of aromatic nitrogens is 1. The van der Waals surface area contributed by atoms with Crippen LogP contribution in [0.4, 0.5) is 5.69 Å². The summed E-state index contributed by atoms with van der Waals surface area (Å²) in [7, 11) is 0. The van der Waals surface area contributed by atoms with E-state index < -0.39 is 5.91 Å². The molecule has 0 saturated carbocycles. The minimum absolute atomic E-state index is 0.0808. The van der Waals surface area contributed by atoms with Crippen molar-refractivity contribution in [2.45, 2.75) is 20.4 Å². The molecule has 1 amide bonds. The molecule has 2 aromatic heterocycles. The number of para-hydroxylation sites is 1. The Morgan fingerprint density at radius 3 is 2.59 bits per heavy atom. The van der Waals surface area contributed by atoms with Gasteiger partial charge in [0.2, 0.25) is 5.88 Å². The summed E-state index contributed by atoms with van der Waals surface area (Å²) in [5.74, 6) is 0.501. The van der Waals surface area contributed by atoms with Gasteiger partial charge < -0.3 is 14.1 Å². The van der Waals surface area contributed by atoms with Gasteiger partial charge in [0.1, 0.15) is 11.5 Å².